The van der Waals surface area contributed by atoms with Crippen LogP contribution in [-0.4, -0.2) is 20.2 Å². The molecule has 136 valence electrons. The fourth-order valence-corrected chi connectivity index (χ4v) is 4.17. The highest BCUT2D eigenvalue weighted by Crippen LogP contribution is 2.28. The number of hydrogen-bond donors (Lipinski definition) is 1. The molecule has 27 heavy (non-hydrogen) atoms. The maximum Gasteiger partial charge on any atom is 0.208 e. The molecular weight excluding hydrogens is 376 g/mol. The summed E-state index contributed by atoms with van der Waals surface area (Å²) < 4.78 is 5.72. The van der Waals surface area contributed by atoms with E-state index in [1.807, 2.05) is 48.7 Å². The van der Waals surface area contributed by atoms with Gasteiger partial charge in [0.05, 0.1) is 0 Å². The van der Waals surface area contributed by atoms with Gasteiger partial charge >= 0.3 is 0 Å². The van der Waals surface area contributed by atoms with Gasteiger partial charge in [-0.05, 0) is 19.1 Å². The van der Waals surface area contributed by atoms with E-state index < -0.39 is 0 Å². The number of aromatic nitrogens is 4. The Morgan fingerprint density at radius 2 is 1.89 bits per heavy atom. The number of H-pyrrole nitrogens is 1. The van der Waals surface area contributed by atoms with Crippen LogP contribution < -0.4 is 4.74 Å². The van der Waals surface area contributed by atoms with E-state index in [0.29, 0.717) is 17.6 Å². The summed E-state index contributed by atoms with van der Waals surface area (Å²) in [6.07, 6.45) is 1.92. The van der Waals surface area contributed by atoms with Gasteiger partial charge in [-0.25, -0.2) is 9.97 Å². The molecule has 0 saturated heterocycles. The molecule has 0 spiro atoms. The third-order valence-corrected chi connectivity index (χ3v) is 5.95. The van der Waals surface area contributed by atoms with Gasteiger partial charge in [0, 0.05) is 22.4 Å². The predicted octanol–water partition coefficient (Wildman–Crippen LogP) is 5.11. The van der Waals surface area contributed by atoms with Gasteiger partial charge < -0.3 is 4.74 Å². The molecule has 0 unspecified atom stereocenters. The molecule has 4 rings (SSSR count). The van der Waals surface area contributed by atoms with Gasteiger partial charge in [-0.1, -0.05) is 59.8 Å². The summed E-state index contributed by atoms with van der Waals surface area (Å²) in [6.45, 7) is 2.42. The first kappa shape index (κ1) is 17.8. The van der Waals surface area contributed by atoms with Crippen LogP contribution in [-0.2, 0) is 12.4 Å². The van der Waals surface area contributed by atoms with Crippen molar-refractivity contribution in [2.45, 2.75) is 24.4 Å². The average molecular weight is 395 g/mol. The zero-order chi connectivity index (χ0) is 18.5. The molecule has 0 aliphatic rings. The SMILES string of the molecule is Cc1ccc(OCc2nc(SCc3cnc(-c4ccccc4)s3)n[nH]2)cc1. The van der Waals surface area contributed by atoms with Gasteiger partial charge in [0.2, 0.25) is 5.16 Å². The van der Waals surface area contributed by atoms with Gasteiger partial charge in [0.1, 0.15) is 17.4 Å². The molecule has 0 radical (unpaired) electrons. The van der Waals surface area contributed by atoms with Gasteiger partial charge in [0.15, 0.2) is 5.82 Å². The van der Waals surface area contributed by atoms with Gasteiger partial charge in [-0.3, -0.25) is 5.10 Å². The summed E-state index contributed by atoms with van der Waals surface area (Å²) in [4.78, 5) is 10.2. The lowest BCUT2D eigenvalue weighted by Gasteiger charge is -2.03. The van der Waals surface area contributed by atoms with Crippen LogP contribution in [0.3, 0.4) is 0 Å². The molecular formula is C20H18N4OS2. The van der Waals surface area contributed by atoms with Crippen molar-refractivity contribution >= 4 is 23.1 Å². The maximum atomic E-state index is 5.72. The summed E-state index contributed by atoms with van der Waals surface area (Å²) in [5, 5.41) is 8.94. The molecule has 0 aliphatic heterocycles. The Kier molecular flexibility index (Phi) is 5.50. The van der Waals surface area contributed by atoms with Crippen molar-refractivity contribution in [3.05, 3.63) is 77.1 Å². The second-order valence-corrected chi connectivity index (χ2v) is 8.01. The van der Waals surface area contributed by atoms with Gasteiger partial charge in [0.25, 0.3) is 0 Å². The number of aromatic amines is 1. The Hall–Kier alpha value is -2.64. The van der Waals surface area contributed by atoms with Crippen molar-refractivity contribution in [2.75, 3.05) is 0 Å². The van der Waals surface area contributed by atoms with Crippen LogP contribution in [0.1, 0.15) is 16.3 Å². The maximum absolute atomic E-state index is 5.72. The lowest BCUT2D eigenvalue weighted by molar-refractivity contribution is 0.296. The number of rotatable bonds is 7. The highest BCUT2D eigenvalue weighted by Gasteiger charge is 2.08. The van der Waals surface area contributed by atoms with Crippen LogP contribution in [0.15, 0.2) is 66.0 Å². The lowest BCUT2D eigenvalue weighted by atomic mass is 10.2. The van der Waals surface area contributed by atoms with E-state index in [0.717, 1.165) is 22.1 Å². The van der Waals surface area contributed by atoms with E-state index in [4.69, 9.17) is 4.74 Å². The molecule has 2 heterocycles. The van der Waals surface area contributed by atoms with Gasteiger partial charge in [-0.15, -0.1) is 16.4 Å². The number of thiazole rings is 1. The van der Waals surface area contributed by atoms with E-state index >= 15 is 0 Å². The molecule has 0 aliphatic carbocycles. The Labute approximate surface area is 165 Å². The first-order valence-corrected chi connectivity index (χ1v) is 10.3. The van der Waals surface area contributed by atoms with E-state index in [9.17, 15) is 0 Å². The number of nitrogens with one attached hydrogen (secondary N) is 1. The summed E-state index contributed by atoms with van der Waals surface area (Å²) >= 11 is 3.29. The Morgan fingerprint density at radius 3 is 2.70 bits per heavy atom. The second-order valence-electron chi connectivity index (χ2n) is 5.95. The number of nitrogens with zero attached hydrogens (tertiary/aromatic N) is 3. The van der Waals surface area contributed by atoms with E-state index in [1.54, 1.807) is 23.1 Å². The molecule has 0 bridgehead atoms. The molecule has 2 aromatic carbocycles. The lowest BCUT2D eigenvalue weighted by Crippen LogP contribution is -1.97. The molecule has 0 amide bonds. The highest BCUT2D eigenvalue weighted by atomic mass is 32.2. The quantitative estimate of drug-likeness (QED) is 0.441. The Balaban J connectivity index is 1.31. The first-order chi connectivity index (χ1) is 13.3. The number of thioether (sulfide) groups is 1. The average Bonchev–Trinajstić information content (AvgIpc) is 3.36. The zero-order valence-electron chi connectivity index (χ0n) is 14.8. The topological polar surface area (TPSA) is 63.7 Å². The van der Waals surface area contributed by atoms with Crippen LogP contribution >= 0.6 is 23.1 Å². The second kappa shape index (κ2) is 8.37. The van der Waals surface area contributed by atoms with E-state index in [2.05, 4.69) is 39.2 Å². The molecule has 7 heteroatoms. The van der Waals surface area contributed by atoms with Crippen molar-refractivity contribution in [1.29, 1.82) is 0 Å². The Morgan fingerprint density at radius 1 is 1.07 bits per heavy atom. The fourth-order valence-electron chi connectivity index (χ4n) is 2.42. The molecule has 0 atom stereocenters. The summed E-state index contributed by atoms with van der Waals surface area (Å²) in [5.74, 6) is 2.33. The monoisotopic (exact) mass is 394 g/mol. The fraction of sp³-hybridized carbons (Fsp3) is 0.150. The standard InChI is InChI=1S/C20H18N4OS2/c1-14-7-9-16(10-8-14)25-12-18-22-20(24-23-18)26-13-17-11-21-19(27-17)15-5-3-2-4-6-15/h2-11H,12-13H2,1H3,(H,22,23,24). The smallest absolute Gasteiger partial charge is 0.208 e. The summed E-state index contributed by atoms with van der Waals surface area (Å²) in [7, 11) is 0. The molecule has 0 fully saturated rings. The van der Waals surface area contributed by atoms with Crippen LogP contribution in [0, 0.1) is 6.92 Å². The van der Waals surface area contributed by atoms with Gasteiger partial charge in [-0.2, -0.15) is 0 Å². The molecule has 4 aromatic rings. The molecule has 1 N–H and O–H groups in total. The largest absolute Gasteiger partial charge is 0.486 e. The van der Waals surface area contributed by atoms with Crippen molar-refractivity contribution in [1.82, 2.24) is 20.2 Å². The van der Waals surface area contributed by atoms with Crippen LogP contribution in [0.4, 0.5) is 0 Å². The molecule has 2 aromatic heterocycles. The zero-order valence-corrected chi connectivity index (χ0v) is 16.4. The van der Waals surface area contributed by atoms with Crippen LogP contribution in [0.25, 0.3) is 10.6 Å². The minimum Gasteiger partial charge on any atom is -0.486 e. The minimum atomic E-state index is 0.370. The number of hydrogen-bond acceptors (Lipinski definition) is 6. The third-order valence-electron chi connectivity index (χ3n) is 3.83. The van der Waals surface area contributed by atoms with Crippen LogP contribution in [0.5, 0.6) is 5.75 Å². The number of benzene rings is 2. The number of ether oxygens (including phenoxy) is 1. The Bertz CT molecular complexity index is 996. The normalized spacial score (nSPS) is 10.9. The predicted molar refractivity (Wildman–Crippen MR) is 109 cm³/mol. The molecule has 5 nitrogen and oxygen atoms in total. The van der Waals surface area contributed by atoms with Crippen molar-refractivity contribution < 1.29 is 4.74 Å². The van der Waals surface area contributed by atoms with Crippen molar-refractivity contribution in [3.8, 4) is 16.3 Å². The van der Waals surface area contributed by atoms with Crippen molar-refractivity contribution in [3.63, 3.8) is 0 Å². The number of aryl methyl sites for hydroxylation is 1. The summed E-state index contributed by atoms with van der Waals surface area (Å²) in [6, 6.07) is 18.2. The highest BCUT2D eigenvalue weighted by molar-refractivity contribution is 7.98. The minimum absolute atomic E-state index is 0.370. The first-order valence-electron chi connectivity index (χ1n) is 8.50. The van der Waals surface area contributed by atoms with E-state index in [-0.39, 0.29) is 0 Å². The third kappa shape index (κ3) is 4.75. The van der Waals surface area contributed by atoms with Crippen LogP contribution in [0.2, 0.25) is 0 Å². The van der Waals surface area contributed by atoms with E-state index in [1.165, 1.54) is 10.4 Å². The summed E-state index contributed by atoms with van der Waals surface area (Å²) in [5.41, 5.74) is 2.35. The van der Waals surface area contributed by atoms with Crippen molar-refractivity contribution in [2.24, 2.45) is 0 Å². The molecule has 0 saturated carbocycles.